The summed E-state index contributed by atoms with van der Waals surface area (Å²) in [5, 5.41) is 1.61. The molecule has 2 rings (SSSR count). The first-order valence-electron chi connectivity index (χ1n) is 12.4. The normalized spacial score (nSPS) is 11.4. The fourth-order valence-electron chi connectivity index (χ4n) is 3.53. The SMILES string of the molecule is CCCCCCCCCCC[CH2][Na].CCCCOS(=O)(=O)c1cccc2ccccc12. The fourth-order valence-corrected chi connectivity index (χ4v) is 5.19. The van der Waals surface area contributed by atoms with Gasteiger partial charge in [-0.05, 0) is 17.9 Å². The maximum atomic E-state index is 12.1. The molecule has 0 aliphatic carbocycles. The molecule has 0 saturated carbocycles. The van der Waals surface area contributed by atoms with Crippen LogP contribution < -0.4 is 0 Å². The summed E-state index contributed by atoms with van der Waals surface area (Å²) in [7, 11) is -3.66. The molecule has 0 amide bonds. The van der Waals surface area contributed by atoms with E-state index < -0.39 is 10.1 Å². The van der Waals surface area contributed by atoms with E-state index in [0.29, 0.717) is 5.39 Å². The van der Waals surface area contributed by atoms with Gasteiger partial charge >= 0.3 is 103 Å². The first kappa shape index (κ1) is 28.6. The van der Waals surface area contributed by atoms with Crippen molar-refractivity contribution < 1.29 is 12.6 Å². The van der Waals surface area contributed by atoms with Gasteiger partial charge in [0.25, 0.3) is 10.1 Å². The summed E-state index contributed by atoms with van der Waals surface area (Å²) in [5.41, 5.74) is 0. The summed E-state index contributed by atoms with van der Waals surface area (Å²) >= 11 is 1.41. The van der Waals surface area contributed by atoms with E-state index in [1.807, 2.05) is 31.2 Å². The molecule has 2 aromatic rings. The van der Waals surface area contributed by atoms with Crippen molar-refractivity contribution in [1.29, 1.82) is 0 Å². The van der Waals surface area contributed by atoms with Gasteiger partial charge in [-0.1, -0.05) is 49.7 Å². The number of rotatable bonds is 15. The summed E-state index contributed by atoms with van der Waals surface area (Å²) in [6.07, 6.45) is 16.4. The molecule has 0 N–H and O–H groups in total. The van der Waals surface area contributed by atoms with Gasteiger partial charge in [-0.25, -0.2) is 0 Å². The largest absolute Gasteiger partial charge is 0.297 e. The van der Waals surface area contributed by atoms with Crippen molar-refractivity contribution in [3.63, 3.8) is 0 Å². The predicted octanol–water partition coefficient (Wildman–Crippen LogP) is 7.84. The topological polar surface area (TPSA) is 43.4 Å². The molecule has 0 radical (unpaired) electrons. The minimum atomic E-state index is -3.66. The number of fused-ring (bicyclic) bond motifs is 1. The summed E-state index contributed by atoms with van der Waals surface area (Å²) in [6, 6.07) is 12.6. The van der Waals surface area contributed by atoms with Crippen LogP contribution in [-0.2, 0) is 14.3 Å². The molecule has 0 heterocycles. The summed E-state index contributed by atoms with van der Waals surface area (Å²) in [5.74, 6) is 0. The Hall–Kier alpha value is -0.390. The Bertz CT molecular complexity index is 790. The van der Waals surface area contributed by atoms with Gasteiger partial charge in [-0.15, -0.1) is 0 Å². The third kappa shape index (κ3) is 12.4. The van der Waals surface area contributed by atoms with Crippen LogP contribution in [-0.4, -0.2) is 43.0 Å². The molecule has 0 saturated heterocycles. The van der Waals surface area contributed by atoms with Gasteiger partial charge in [0.2, 0.25) is 0 Å². The van der Waals surface area contributed by atoms with Crippen LogP contribution >= 0.6 is 0 Å². The van der Waals surface area contributed by atoms with Gasteiger partial charge in [0.1, 0.15) is 4.90 Å². The van der Waals surface area contributed by atoms with Gasteiger partial charge in [0.15, 0.2) is 0 Å². The Labute approximate surface area is 208 Å². The third-order valence-electron chi connectivity index (χ3n) is 5.46. The Morgan fingerprint density at radius 1 is 0.710 bits per heavy atom. The van der Waals surface area contributed by atoms with E-state index in [2.05, 4.69) is 6.92 Å². The molecule has 3 nitrogen and oxygen atoms in total. The van der Waals surface area contributed by atoms with Gasteiger partial charge < -0.3 is 0 Å². The predicted molar refractivity (Wildman–Crippen MR) is 134 cm³/mol. The zero-order valence-electron chi connectivity index (χ0n) is 20.1. The van der Waals surface area contributed by atoms with Crippen molar-refractivity contribution in [1.82, 2.24) is 0 Å². The standard InChI is InChI=1S/C14H16O3S.C12H25.Na/c1-2-3-11-17-18(15,16)14-10-6-8-12-7-4-5-9-13(12)14;1-3-5-7-9-11-12-10-8-6-4-2;/h4-10H,2-3,11H2,1H3;1,3-12H2,2H3;. The molecule has 0 aromatic heterocycles. The molecule has 0 atom stereocenters. The quantitative estimate of drug-likeness (QED) is 0.156. The Kier molecular flexibility index (Phi) is 16.7. The number of hydrogen-bond acceptors (Lipinski definition) is 3. The smallest absolute Gasteiger partial charge is 0.266 e. The average molecular weight is 457 g/mol. The summed E-state index contributed by atoms with van der Waals surface area (Å²) < 4.78 is 30.7. The van der Waals surface area contributed by atoms with Crippen molar-refractivity contribution in [3.05, 3.63) is 42.5 Å². The van der Waals surface area contributed by atoms with Crippen molar-refractivity contribution in [2.75, 3.05) is 6.61 Å². The molecule has 0 fully saturated rings. The molecule has 31 heavy (non-hydrogen) atoms. The van der Waals surface area contributed by atoms with Crippen LogP contribution in [0.15, 0.2) is 47.4 Å². The van der Waals surface area contributed by atoms with Crippen LogP contribution in [0, 0.1) is 0 Å². The minimum absolute atomic E-state index is 0.238. The van der Waals surface area contributed by atoms with E-state index >= 15 is 0 Å². The van der Waals surface area contributed by atoms with Crippen LogP contribution in [0.3, 0.4) is 0 Å². The molecule has 170 valence electrons. The molecule has 0 bridgehead atoms. The first-order chi connectivity index (χ1) is 15.1. The molecule has 0 aliphatic heterocycles. The molecular weight excluding hydrogens is 415 g/mol. The molecule has 0 aliphatic rings. The van der Waals surface area contributed by atoms with Crippen molar-refractivity contribution in [2.45, 2.75) is 99.5 Å². The van der Waals surface area contributed by atoms with Crippen molar-refractivity contribution in [2.24, 2.45) is 0 Å². The van der Waals surface area contributed by atoms with E-state index in [9.17, 15) is 8.42 Å². The molecule has 2 aromatic carbocycles. The monoisotopic (exact) mass is 456 g/mol. The fraction of sp³-hybridized carbons (Fsp3) is 0.615. The Morgan fingerprint density at radius 3 is 1.87 bits per heavy atom. The van der Waals surface area contributed by atoms with Crippen LogP contribution in [0.5, 0.6) is 0 Å². The first-order valence-corrected chi connectivity index (χ1v) is 15.3. The van der Waals surface area contributed by atoms with Gasteiger partial charge in [0.05, 0.1) is 6.61 Å². The van der Waals surface area contributed by atoms with Crippen LogP contribution in [0.4, 0.5) is 0 Å². The number of benzene rings is 2. The third-order valence-corrected chi connectivity index (χ3v) is 7.54. The summed E-state index contributed by atoms with van der Waals surface area (Å²) in [4.78, 5) is 0.247. The molecular formula is C26H41NaO3S. The van der Waals surface area contributed by atoms with E-state index in [4.69, 9.17) is 4.18 Å². The second kappa shape index (κ2) is 18.1. The summed E-state index contributed by atoms with van der Waals surface area (Å²) in [6.45, 7) is 4.52. The van der Waals surface area contributed by atoms with Gasteiger partial charge in [-0.3, -0.25) is 4.18 Å². The van der Waals surface area contributed by atoms with E-state index in [-0.39, 0.29) is 11.5 Å². The van der Waals surface area contributed by atoms with E-state index in [1.54, 1.807) is 18.2 Å². The van der Waals surface area contributed by atoms with Crippen molar-refractivity contribution >= 4 is 48.8 Å². The maximum Gasteiger partial charge on any atom is 0.297 e. The van der Waals surface area contributed by atoms with E-state index in [1.165, 1.54) is 95.8 Å². The number of unbranched alkanes of at least 4 members (excludes halogenated alkanes) is 10. The number of hydrogen-bond donors (Lipinski definition) is 0. The molecule has 0 spiro atoms. The Morgan fingerprint density at radius 2 is 1.26 bits per heavy atom. The second-order valence-electron chi connectivity index (χ2n) is 8.29. The van der Waals surface area contributed by atoms with Crippen molar-refractivity contribution in [3.8, 4) is 0 Å². The van der Waals surface area contributed by atoms with Crippen LogP contribution in [0.25, 0.3) is 10.8 Å². The maximum absolute atomic E-state index is 12.1. The van der Waals surface area contributed by atoms with Gasteiger partial charge in [-0.2, -0.15) is 8.42 Å². The van der Waals surface area contributed by atoms with Crippen LogP contribution in [0.2, 0.25) is 3.67 Å². The second-order valence-corrected chi connectivity index (χ2v) is 10.9. The minimum Gasteiger partial charge on any atom is -0.266 e. The molecule has 0 unspecified atom stereocenters. The van der Waals surface area contributed by atoms with Gasteiger partial charge in [0, 0.05) is 5.39 Å². The molecule has 5 heteroatoms. The zero-order valence-corrected chi connectivity index (χ0v) is 22.9. The zero-order chi connectivity index (χ0) is 22.8. The van der Waals surface area contributed by atoms with Crippen LogP contribution in [0.1, 0.15) is 90.9 Å². The average Bonchev–Trinajstić information content (AvgIpc) is 2.78. The van der Waals surface area contributed by atoms with E-state index in [0.717, 1.165) is 18.2 Å². The Balaban J connectivity index is 0.000000330.